The van der Waals surface area contributed by atoms with Crippen LogP contribution >= 0.6 is 0 Å². The van der Waals surface area contributed by atoms with Crippen LogP contribution < -0.4 is 4.74 Å². The SMILES string of the molecule is COc1ccc(F)cc1C(C#N)CC(=O)N1CCC(C)CC1. The van der Waals surface area contributed by atoms with E-state index in [-0.39, 0.29) is 12.3 Å². The lowest BCUT2D eigenvalue weighted by Crippen LogP contribution is -2.38. The van der Waals surface area contributed by atoms with Crippen molar-refractivity contribution in [2.45, 2.75) is 32.1 Å². The molecule has 0 radical (unpaired) electrons. The van der Waals surface area contributed by atoms with Gasteiger partial charge in [0, 0.05) is 25.1 Å². The third-order valence-electron chi connectivity index (χ3n) is 4.24. The van der Waals surface area contributed by atoms with Crippen LogP contribution in [0.5, 0.6) is 5.75 Å². The molecule has 22 heavy (non-hydrogen) atoms. The molecule has 1 aromatic carbocycles. The van der Waals surface area contributed by atoms with Gasteiger partial charge in [0.2, 0.25) is 5.91 Å². The van der Waals surface area contributed by atoms with Crippen LogP contribution in [0.4, 0.5) is 4.39 Å². The number of amides is 1. The molecule has 1 atom stereocenters. The number of nitrogens with zero attached hydrogens (tertiary/aromatic N) is 2. The van der Waals surface area contributed by atoms with Crippen LogP contribution in [0, 0.1) is 23.1 Å². The summed E-state index contributed by atoms with van der Waals surface area (Å²) in [7, 11) is 1.47. The van der Waals surface area contributed by atoms with Gasteiger partial charge in [0.25, 0.3) is 0 Å². The fourth-order valence-electron chi connectivity index (χ4n) is 2.76. The molecule has 0 N–H and O–H groups in total. The fourth-order valence-corrected chi connectivity index (χ4v) is 2.76. The van der Waals surface area contributed by atoms with Crippen LogP contribution in [0.25, 0.3) is 0 Å². The number of halogens is 1. The van der Waals surface area contributed by atoms with Crippen molar-refractivity contribution in [3.63, 3.8) is 0 Å². The van der Waals surface area contributed by atoms with E-state index in [1.165, 1.54) is 25.3 Å². The highest BCUT2D eigenvalue weighted by molar-refractivity contribution is 5.78. The van der Waals surface area contributed by atoms with Crippen molar-refractivity contribution in [2.24, 2.45) is 5.92 Å². The van der Waals surface area contributed by atoms with E-state index in [1.54, 1.807) is 4.90 Å². The second kappa shape index (κ2) is 7.26. The first-order valence-corrected chi connectivity index (χ1v) is 7.56. The van der Waals surface area contributed by atoms with Crippen LogP contribution in [0.15, 0.2) is 18.2 Å². The van der Waals surface area contributed by atoms with Gasteiger partial charge in [0.1, 0.15) is 11.6 Å². The molecule has 2 rings (SSSR count). The summed E-state index contributed by atoms with van der Waals surface area (Å²) in [5, 5.41) is 9.38. The molecule has 5 heteroatoms. The van der Waals surface area contributed by atoms with E-state index in [2.05, 4.69) is 13.0 Å². The molecule has 1 aromatic rings. The maximum absolute atomic E-state index is 13.5. The van der Waals surface area contributed by atoms with Crippen molar-refractivity contribution in [3.05, 3.63) is 29.6 Å². The average molecular weight is 304 g/mol. The Morgan fingerprint density at radius 3 is 2.77 bits per heavy atom. The molecule has 4 nitrogen and oxygen atoms in total. The van der Waals surface area contributed by atoms with Gasteiger partial charge in [0.15, 0.2) is 0 Å². The molecular weight excluding hydrogens is 283 g/mol. The Labute approximate surface area is 130 Å². The van der Waals surface area contributed by atoms with Gasteiger partial charge in [0.05, 0.1) is 19.1 Å². The Hall–Kier alpha value is -2.09. The van der Waals surface area contributed by atoms with Crippen molar-refractivity contribution < 1.29 is 13.9 Å². The van der Waals surface area contributed by atoms with E-state index < -0.39 is 11.7 Å². The van der Waals surface area contributed by atoms with Gasteiger partial charge < -0.3 is 9.64 Å². The van der Waals surface area contributed by atoms with Crippen molar-refractivity contribution in [3.8, 4) is 11.8 Å². The molecule has 0 saturated carbocycles. The first-order chi connectivity index (χ1) is 10.5. The maximum atomic E-state index is 13.5. The highest BCUT2D eigenvalue weighted by atomic mass is 19.1. The number of nitriles is 1. The van der Waals surface area contributed by atoms with E-state index in [4.69, 9.17) is 4.74 Å². The van der Waals surface area contributed by atoms with Crippen LogP contribution in [0.3, 0.4) is 0 Å². The van der Waals surface area contributed by atoms with E-state index >= 15 is 0 Å². The quantitative estimate of drug-likeness (QED) is 0.859. The molecule has 1 amide bonds. The summed E-state index contributed by atoms with van der Waals surface area (Å²) in [6.07, 6.45) is 2.04. The summed E-state index contributed by atoms with van der Waals surface area (Å²) in [4.78, 5) is 14.2. The monoisotopic (exact) mass is 304 g/mol. The zero-order chi connectivity index (χ0) is 16.1. The van der Waals surface area contributed by atoms with Gasteiger partial charge in [-0.3, -0.25) is 4.79 Å². The Morgan fingerprint density at radius 2 is 2.18 bits per heavy atom. The lowest BCUT2D eigenvalue weighted by Gasteiger charge is -2.31. The number of carbonyl (C=O) groups is 1. The van der Waals surface area contributed by atoms with E-state index in [1.807, 2.05) is 0 Å². The minimum absolute atomic E-state index is 0.0511. The summed E-state index contributed by atoms with van der Waals surface area (Å²) >= 11 is 0. The third kappa shape index (κ3) is 3.76. The second-order valence-electron chi connectivity index (χ2n) is 5.84. The van der Waals surface area contributed by atoms with Gasteiger partial charge in [-0.15, -0.1) is 0 Å². The molecule has 118 valence electrons. The highest BCUT2D eigenvalue weighted by Gasteiger charge is 2.25. The molecule has 1 heterocycles. The number of hydrogen-bond donors (Lipinski definition) is 0. The molecule has 1 aliphatic heterocycles. The van der Waals surface area contributed by atoms with E-state index in [9.17, 15) is 14.4 Å². The highest BCUT2D eigenvalue weighted by Crippen LogP contribution is 2.30. The van der Waals surface area contributed by atoms with E-state index in [0.29, 0.717) is 17.2 Å². The fraction of sp³-hybridized carbons (Fsp3) is 0.529. The molecule has 1 unspecified atom stereocenters. The predicted molar refractivity (Wildman–Crippen MR) is 80.9 cm³/mol. The summed E-state index contributed by atoms with van der Waals surface area (Å²) in [6.45, 7) is 3.65. The number of hydrogen-bond acceptors (Lipinski definition) is 3. The summed E-state index contributed by atoms with van der Waals surface area (Å²) in [5.74, 6) is -0.107. The summed E-state index contributed by atoms with van der Waals surface area (Å²) in [5.41, 5.74) is 0.434. The summed E-state index contributed by atoms with van der Waals surface area (Å²) in [6, 6.07) is 6.15. The third-order valence-corrected chi connectivity index (χ3v) is 4.24. The smallest absolute Gasteiger partial charge is 0.224 e. The van der Waals surface area contributed by atoms with Gasteiger partial charge >= 0.3 is 0 Å². The Bertz CT molecular complexity index is 575. The second-order valence-corrected chi connectivity index (χ2v) is 5.84. The molecule has 1 saturated heterocycles. The molecule has 1 fully saturated rings. The number of carbonyl (C=O) groups excluding carboxylic acids is 1. The molecule has 0 bridgehead atoms. The minimum atomic E-state index is -0.697. The predicted octanol–water partition coefficient (Wildman–Crippen LogP) is 3.09. The molecule has 0 aliphatic carbocycles. The lowest BCUT2D eigenvalue weighted by atomic mass is 9.94. The largest absolute Gasteiger partial charge is 0.496 e. The Kier molecular flexibility index (Phi) is 5.37. The van der Waals surface area contributed by atoms with Gasteiger partial charge in [-0.2, -0.15) is 5.26 Å². The molecular formula is C17H21FN2O2. The van der Waals surface area contributed by atoms with E-state index in [0.717, 1.165) is 25.9 Å². The van der Waals surface area contributed by atoms with Crippen LogP contribution in [0.2, 0.25) is 0 Å². The average Bonchev–Trinajstić information content (AvgIpc) is 2.53. The molecule has 0 spiro atoms. The number of likely N-dealkylation sites (tertiary alicyclic amines) is 1. The topological polar surface area (TPSA) is 53.3 Å². The first kappa shape index (κ1) is 16.3. The maximum Gasteiger partial charge on any atom is 0.224 e. The Balaban J connectivity index is 2.11. The number of methoxy groups -OCH3 is 1. The number of rotatable bonds is 4. The number of piperidine rings is 1. The van der Waals surface area contributed by atoms with Crippen LogP contribution in [-0.2, 0) is 4.79 Å². The molecule has 1 aliphatic rings. The zero-order valence-corrected chi connectivity index (χ0v) is 13.0. The van der Waals surface area contributed by atoms with Crippen molar-refractivity contribution in [1.82, 2.24) is 4.90 Å². The minimum Gasteiger partial charge on any atom is -0.496 e. The summed E-state index contributed by atoms with van der Waals surface area (Å²) < 4.78 is 18.6. The van der Waals surface area contributed by atoms with Crippen molar-refractivity contribution in [1.29, 1.82) is 5.26 Å². The lowest BCUT2D eigenvalue weighted by molar-refractivity contribution is -0.132. The van der Waals surface area contributed by atoms with Crippen LogP contribution in [0.1, 0.15) is 37.7 Å². The first-order valence-electron chi connectivity index (χ1n) is 7.56. The van der Waals surface area contributed by atoms with Gasteiger partial charge in [-0.05, 0) is 37.0 Å². The number of ether oxygens (including phenoxy) is 1. The molecule has 0 aromatic heterocycles. The standard InChI is InChI=1S/C17H21FN2O2/c1-12-5-7-20(8-6-12)17(21)9-13(11-19)15-10-14(18)3-4-16(15)22-2/h3-4,10,12-13H,5-9H2,1-2H3. The normalized spacial score (nSPS) is 16.9. The van der Waals surface area contributed by atoms with Gasteiger partial charge in [-0.1, -0.05) is 6.92 Å². The van der Waals surface area contributed by atoms with Crippen molar-refractivity contribution >= 4 is 5.91 Å². The Morgan fingerprint density at radius 1 is 1.50 bits per heavy atom. The van der Waals surface area contributed by atoms with Crippen LogP contribution in [-0.4, -0.2) is 31.0 Å². The van der Waals surface area contributed by atoms with Crippen molar-refractivity contribution in [2.75, 3.05) is 20.2 Å². The van der Waals surface area contributed by atoms with Gasteiger partial charge in [-0.25, -0.2) is 4.39 Å². The zero-order valence-electron chi connectivity index (χ0n) is 13.0. The number of benzene rings is 1.